The summed E-state index contributed by atoms with van der Waals surface area (Å²) >= 11 is 1.66. The minimum atomic E-state index is -0.673. The van der Waals surface area contributed by atoms with E-state index in [2.05, 4.69) is 11.4 Å². The third kappa shape index (κ3) is 4.97. The van der Waals surface area contributed by atoms with Crippen LogP contribution in [0.5, 0.6) is 0 Å². The van der Waals surface area contributed by atoms with Crippen molar-refractivity contribution in [3.8, 4) is 0 Å². The number of rotatable bonds is 9. The fraction of sp³-hybridized carbons (Fsp3) is 0.391. The van der Waals surface area contributed by atoms with Crippen LogP contribution in [0.15, 0.2) is 54.6 Å². The maximum Gasteiger partial charge on any atom is 0.230 e. The molecule has 2 aromatic carbocycles. The highest BCUT2D eigenvalue weighted by Gasteiger charge is 2.36. The normalized spacial score (nSPS) is 13.6. The van der Waals surface area contributed by atoms with Gasteiger partial charge in [0.25, 0.3) is 0 Å². The Morgan fingerprint density at radius 3 is 2.57 bits per heavy atom. The summed E-state index contributed by atoms with van der Waals surface area (Å²) < 4.78 is 6.72. The minimum Gasteiger partial charge on any atom is -0.379 e. The van der Waals surface area contributed by atoms with Gasteiger partial charge in [-0.15, -0.1) is 11.3 Å². The lowest BCUT2D eigenvalue weighted by molar-refractivity contribution is -0.126. The Hall–Kier alpha value is -2.24. The van der Waals surface area contributed by atoms with Crippen LogP contribution in [0.25, 0.3) is 10.2 Å². The highest BCUT2D eigenvalue weighted by atomic mass is 32.1. The van der Waals surface area contributed by atoms with E-state index in [1.54, 1.807) is 11.3 Å². The molecule has 28 heavy (non-hydrogen) atoms. The van der Waals surface area contributed by atoms with Crippen molar-refractivity contribution < 1.29 is 9.53 Å². The van der Waals surface area contributed by atoms with Gasteiger partial charge in [0.05, 0.1) is 26.7 Å². The second-order valence-electron chi connectivity index (χ2n) is 7.48. The monoisotopic (exact) mass is 396 g/mol. The highest BCUT2D eigenvalue weighted by molar-refractivity contribution is 7.18. The Kier molecular flexibility index (Phi) is 6.81. The molecular weight excluding hydrogens is 368 g/mol. The molecule has 1 N–H and O–H groups in total. The smallest absolute Gasteiger partial charge is 0.230 e. The number of nitrogens with zero attached hydrogens (tertiary/aromatic N) is 1. The molecule has 0 aliphatic rings. The lowest BCUT2D eigenvalue weighted by Gasteiger charge is -2.28. The summed E-state index contributed by atoms with van der Waals surface area (Å²) in [4.78, 5) is 18.0. The zero-order valence-corrected chi connectivity index (χ0v) is 17.6. The van der Waals surface area contributed by atoms with Crippen molar-refractivity contribution >= 4 is 27.5 Å². The number of aromatic nitrogens is 1. The van der Waals surface area contributed by atoms with Crippen molar-refractivity contribution in [2.24, 2.45) is 0 Å². The molecule has 3 aromatic rings. The average molecular weight is 397 g/mol. The van der Waals surface area contributed by atoms with E-state index >= 15 is 0 Å². The molecule has 5 heteroatoms. The van der Waals surface area contributed by atoms with Crippen molar-refractivity contribution in [3.05, 3.63) is 65.2 Å². The molecule has 0 bridgehead atoms. The van der Waals surface area contributed by atoms with E-state index in [1.165, 1.54) is 0 Å². The summed E-state index contributed by atoms with van der Waals surface area (Å²) in [5.74, 6) is 0.0301. The minimum absolute atomic E-state index is 0.0301. The standard InChI is InChI=1S/C23H28N2O2S/c1-17(2)27-15-9-14-24-22(26)23(3,18-10-5-4-6-11-18)16-21-25-19-12-7-8-13-20(19)28-21/h4-8,10-13,17H,9,14-16H2,1-3H3,(H,24,26). The first-order valence-corrected chi connectivity index (χ1v) is 10.6. The summed E-state index contributed by atoms with van der Waals surface area (Å²) in [6.07, 6.45) is 1.59. The molecule has 1 unspecified atom stereocenters. The molecule has 0 saturated carbocycles. The van der Waals surface area contributed by atoms with Gasteiger partial charge in [-0.25, -0.2) is 4.98 Å². The van der Waals surface area contributed by atoms with E-state index in [0.717, 1.165) is 27.2 Å². The Labute approximate surface area is 171 Å². The van der Waals surface area contributed by atoms with Crippen LogP contribution < -0.4 is 5.32 Å². The third-order valence-electron chi connectivity index (χ3n) is 4.81. The predicted octanol–water partition coefficient (Wildman–Crippen LogP) is 4.73. The van der Waals surface area contributed by atoms with Crippen molar-refractivity contribution in [3.63, 3.8) is 0 Å². The zero-order chi connectivity index (χ0) is 20.0. The Morgan fingerprint density at radius 2 is 1.86 bits per heavy atom. The quantitative estimate of drug-likeness (QED) is 0.532. The second-order valence-corrected chi connectivity index (χ2v) is 8.59. The number of carbonyl (C=O) groups excluding carboxylic acids is 1. The van der Waals surface area contributed by atoms with Gasteiger partial charge in [0.2, 0.25) is 5.91 Å². The molecular formula is C23H28N2O2S. The number of fused-ring (bicyclic) bond motifs is 1. The molecule has 1 amide bonds. The van der Waals surface area contributed by atoms with Crippen LogP contribution in [0, 0.1) is 0 Å². The van der Waals surface area contributed by atoms with Crippen LogP contribution in [0.1, 0.15) is 37.8 Å². The van der Waals surface area contributed by atoms with Gasteiger partial charge >= 0.3 is 0 Å². The molecule has 1 atom stereocenters. The van der Waals surface area contributed by atoms with E-state index in [1.807, 2.05) is 69.3 Å². The van der Waals surface area contributed by atoms with Gasteiger partial charge in [-0.1, -0.05) is 42.5 Å². The first-order valence-electron chi connectivity index (χ1n) is 9.79. The van der Waals surface area contributed by atoms with Crippen molar-refractivity contribution in [2.75, 3.05) is 13.2 Å². The number of para-hydroxylation sites is 1. The Bertz CT molecular complexity index is 874. The summed E-state index contributed by atoms with van der Waals surface area (Å²) in [5.41, 5.74) is 1.32. The first kappa shape index (κ1) is 20.5. The molecule has 148 valence electrons. The Morgan fingerprint density at radius 1 is 1.14 bits per heavy atom. The van der Waals surface area contributed by atoms with E-state index in [0.29, 0.717) is 19.6 Å². The average Bonchev–Trinajstić information content (AvgIpc) is 3.10. The number of benzene rings is 2. The summed E-state index contributed by atoms with van der Waals surface area (Å²) in [6, 6.07) is 18.1. The van der Waals surface area contributed by atoms with Crippen LogP contribution in [0.2, 0.25) is 0 Å². The molecule has 1 aromatic heterocycles. The first-order chi connectivity index (χ1) is 13.5. The molecule has 4 nitrogen and oxygen atoms in total. The highest BCUT2D eigenvalue weighted by Crippen LogP contribution is 2.32. The van der Waals surface area contributed by atoms with Gasteiger partial charge in [-0.3, -0.25) is 4.79 Å². The van der Waals surface area contributed by atoms with E-state index in [-0.39, 0.29) is 12.0 Å². The molecule has 0 radical (unpaired) electrons. The molecule has 3 rings (SSSR count). The molecule has 0 aliphatic heterocycles. The van der Waals surface area contributed by atoms with Gasteiger partial charge in [0, 0.05) is 19.6 Å². The fourth-order valence-electron chi connectivity index (χ4n) is 3.21. The van der Waals surface area contributed by atoms with Crippen LogP contribution in [-0.4, -0.2) is 30.1 Å². The number of nitrogens with one attached hydrogen (secondary N) is 1. The zero-order valence-electron chi connectivity index (χ0n) is 16.8. The number of ether oxygens (including phenoxy) is 1. The topological polar surface area (TPSA) is 51.2 Å². The summed E-state index contributed by atoms with van der Waals surface area (Å²) in [6.45, 7) is 7.30. The maximum atomic E-state index is 13.2. The molecule has 0 aliphatic carbocycles. The van der Waals surface area contributed by atoms with Gasteiger partial charge in [-0.05, 0) is 44.9 Å². The van der Waals surface area contributed by atoms with Crippen LogP contribution >= 0.6 is 11.3 Å². The van der Waals surface area contributed by atoms with E-state index < -0.39 is 5.41 Å². The maximum absolute atomic E-state index is 13.2. The lowest BCUT2D eigenvalue weighted by atomic mass is 9.78. The number of amides is 1. The van der Waals surface area contributed by atoms with Crippen LogP contribution in [0.4, 0.5) is 0 Å². The largest absolute Gasteiger partial charge is 0.379 e. The lowest BCUT2D eigenvalue weighted by Crippen LogP contribution is -2.44. The Balaban J connectivity index is 1.76. The van der Waals surface area contributed by atoms with Gasteiger partial charge in [0.15, 0.2) is 0 Å². The molecule has 0 spiro atoms. The van der Waals surface area contributed by atoms with Gasteiger partial charge in [0.1, 0.15) is 0 Å². The van der Waals surface area contributed by atoms with Crippen LogP contribution in [0.3, 0.4) is 0 Å². The summed E-state index contributed by atoms with van der Waals surface area (Å²) in [7, 11) is 0. The van der Waals surface area contributed by atoms with E-state index in [9.17, 15) is 4.79 Å². The molecule has 0 fully saturated rings. The fourth-order valence-corrected chi connectivity index (χ4v) is 4.33. The van der Waals surface area contributed by atoms with Gasteiger partial charge in [-0.2, -0.15) is 0 Å². The second kappa shape index (κ2) is 9.30. The number of carbonyl (C=O) groups is 1. The van der Waals surface area contributed by atoms with Crippen LogP contribution in [-0.2, 0) is 21.4 Å². The van der Waals surface area contributed by atoms with Crippen molar-refractivity contribution in [1.82, 2.24) is 10.3 Å². The predicted molar refractivity (Wildman–Crippen MR) is 116 cm³/mol. The number of hydrogen-bond acceptors (Lipinski definition) is 4. The molecule has 0 saturated heterocycles. The third-order valence-corrected chi connectivity index (χ3v) is 5.85. The SMILES string of the molecule is CC(C)OCCCNC(=O)C(C)(Cc1nc2ccccc2s1)c1ccccc1. The molecule has 1 heterocycles. The number of thiazole rings is 1. The van der Waals surface area contributed by atoms with Crippen molar-refractivity contribution in [2.45, 2.75) is 45.1 Å². The summed E-state index contributed by atoms with van der Waals surface area (Å²) in [5, 5.41) is 4.09. The number of hydrogen-bond donors (Lipinski definition) is 1. The van der Waals surface area contributed by atoms with Crippen molar-refractivity contribution in [1.29, 1.82) is 0 Å². The van der Waals surface area contributed by atoms with Gasteiger partial charge < -0.3 is 10.1 Å². The van der Waals surface area contributed by atoms with E-state index in [4.69, 9.17) is 9.72 Å².